The standard InChI is InChI=1S/C20H21Cl3N4O2S/c1-3-4-18-25-26-20(30)27(18)24-10-13-8-16(23)19(17(9-13)28-2)29-11-12-5-6-14(21)15(22)7-12/h5-9,24H,3-4,10-11H2,1-2H3,(H,26,30). The minimum Gasteiger partial charge on any atom is -0.493 e. The first-order valence-corrected chi connectivity index (χ1v) is 10.8. The fourth-order valence-corrected chi connectivity index (χ4v) is 3.68. The van der Waals surface area contributed by atoms with E-state index < -0.39 is 0 Å². The topological polar surface area (TPSA) is 64.1 Å². The van der Waals surface area contributed by atoms with Crippen LogP contribution in [0.4, 0.5) is 0 Å². The number of aromatic amines is 1. The van der Waals surface area contributed by atoms with Gasteiger partial charge in [-0.15, -0.1) is 0 Å². The highest BCUT2D eigenvalue weighted by Crippen LogP contribution is 2.37. The number of rotatable bonds is 9. The molecule has 0 bridgehead atoms. The molecule has 0 atom stereocenters. The molecule has 1 aromatic heterocycles. The van der Waals surface area contributed by atoms with Crippen molar-refractivity contribution in [1.82, 2.24) is 14.9 Å². The summed E-state index contributed by atoms with van der Waals surface area (Å²) in [6.45, 7) is 2.84. The predicted octanol–water partition coefficient (Wildman–Crippen LogP) is 6.18. The van der Waals surface area contributed by atoms with Gasteiger partial charge in [0.25, 0.3) is 0 Å². The van der Waals surface area contributed by atoms with Crippen LogP contribution in [0.25, 0.3) is 0 Å². The van der Waals surface area contributed by atoms with Crippen LogP contribution >= 0.6 is 47.0 Å². The number of H-pyrrole nitrogens is 1. The van der Waals surface area contributed by atoms with Gasteiger partial charge >= 0.3 is 0 Å². The summed E-state index contributed by atoms with van der Waals surface area (Å²) in [5.74, 6) is 1.84. The van der Waals surface area contributed by atoms with Crippen LogP contribution in [-0.2, 0) is 19.6 Å². The molecule has 6 nitrogen and oxygen atoms in total. The molecule has 30 heavy (non-hydrogen) atoms. The zero-order valence-electron chi connectivity index (χ0n) is 16.5. The summed E-state index contributed by atoms with van der Waals surface area (Å²) in [6, 6.07) is 9.01. The Kier molecular flexibility index (Phi) is 7.88. The molecule has 2 aromatic carbocycles. The second-order valence-electron chi connectivity index (χ2n) is 6.51. The third-order valence-electron chi connectivity index (χ3n) is 4.31. The minimum absolute atomic E-state index is 0.273. The maximum Gasteiger partial charge on any atom is 0.214 e. The number of ether oxygens (including phenoxy) is 2. The van der Waals surface area contributed by atoms with Crippen LogP contribution in [0.1, 0.15) is 30.3 Å². The number of methoxy groups -OCH3 is 1. The van der Waals surface area contributed by atoms with E-state index in [4.69, 9.17) is 56.5 Å². The summed E-state index contributed by atoms with van der Waals surface area (Å²) in [5.41, 5.74) is 5.04. The monoisotopic (exact) mass is 486 g/mol. The van der Waals surface area contributed by atoms with Gasteiger partial charge in [0, 0.05) is 6.42 Å². The molecule has 3 rings (SSSR count). The summed E-state index contributed by atoms with van der Waals surface area (Å²) in [4.78, 5) is 0. The Balaban J connectivity index is 1.74. The van der Waals surface area contributed by atoms with Gasteiger partial charge in [-0.25, -0.2) is 4.68 Å². The Morgan fingerprint density at radius 2 is 1.87 bits per heavy atom. The molecule has 10 heteroatoms. The van der Waals surface area contributed by atoms with Crippen molar-refractivity contribution in [3.8, 4) is 11.5 Å². The molecule has 0 aliphatic heterocycles. The lowest BCUT2D eigenvalue weighted by molar-refractivity contribution is 0.284. The van der Waals surface area contributed by atoms with E-state index in [1.165, 1.54) is 0 Å². The highest BCUT2D eigenvalue weighted by Gasteiger charge is 2.14. The zero-order valence-corrected chi connectivity index (χ0v) is 19.6. The van der Waals surface area contributed by atoms with Crippen molar-refractivity contribution in [3.63, 3.8) is 0 Å². The molecule has 0 aliphatic rings. The summed E-state index contributed by atoms with van der Waals surface area (Å²) < 4.78 is 13.7. The molecule has 1 heterocycles. The molecule has 0 amide bonds. The van der Waals surface area contributed by atoms with Crippen LogP contribution in [0.2, 0.25) is 15.1 Å². The minimum atomic E-state index is 0.273. The second kappa shape index (κ2) is 10.4. The number of nitrogens with one attached hydrogen (secondary N) is 2. The fourth-order valence-electron chi connectivity index (χ4n) is 2.85. The molecule has 0 radical (unpaired) electrons. The van der Waals surface area contributed by atoms with E-state index >= 15 is 0 Å². The quantitative estimate of drug-likeness (QED) is 0.353. The third kappa shape index (κ3) is 5.40. The molecule has 0 unspecified atom stereocenters. The molecule has 0 aliphatic carbocycles. The number of halogens is 3. The number of hydrogen-bond donors (Lipinski definition) is 2. The first kappa shape index (κ1) is 22.7. The van der Waals surface area contributed by atoms with E-state index in [0.717, 1.165) is 29.8 Å². The molecular weight excluding hydrogens is 467 g/mol. The number of benzene rings is 2. The first-order chi connectivity index (χ1) is 14.4. The number of aryl methyl sites for hydroxylation is 1. The van der Waals surface area contributed by atoms with Crippen LogP contribution in [-0.4, -0.2) is 22.0 Å². The van der Waals surface area contributed by atoms with E-state index in [1.54, 1.807) is 23.9 Å². The lowest BCUT2D eigenvalue weighted by Gasteiger charge is -2.15. The van der Waals surface area contributed by atoms with Gasteiger partial charge in [-0.3, -0.25) is 5.10 Å². The van der Waals surface area contributed by atoms with E-state index in [9.17, 15) is 0 Å². The van der Waals surface area contributed by atoms with Crippen molar-refractivity contribution < 1.29 is 9.47 Å². The summed E-state index contributed by atoms with van der Waals surface area (Å²) in [6.07, 6.45) is 1.78. The van der Waals surface area contributed by atoms with Gasteiger partial charge in [0.05, 0.1) is 28.7 Å². The maximum atomic E-state index is 6.48. The van der Waals surface area contributed by atoms with E-state index in [2.05, 4.69) is 22.5 Å². The Labute approximate surface area is 195 Å². The van der Waals surface area contributed by atoms with Gasteiger partial charge in [-0.2, -0.15) is 5.10 Å². The molecule has 2 N–H and O–H groups in total. The van der Waals surface area contributed by atoms with Crippen LogP contribution in [0, 0.1) is 4.77 Å². The van der Waals surface area contributed by atoms with Gasteiger partial charge < -0.3 is 14.9 Å². The van der Waals surface area contributed by atoms with Crippen molar-refractivity contribution in [2.45, 2.75) is 32.9 Å². The van der Waals surface area contributed by atoms with Crippen LogP contribution in [0.15, 0.2) is 30.3 Å². The lowest BCUT2D eigenvalue weighted by Crippen LogP contribution is -2.17. The fraction of sp³-hybridized carbons (Fsp3) is 0.300. The van der Waals surface area contributed by atoms with Gasteiger partial charge in [0.15, 0.2) is 17.3 Å². The van der Waals surface area contributed by atoms with Crippen LogP contribution in [0.3, 0.4) is 0 Å². The van der Waals surface area contributed by atoms with E-state index in [0.29, 0.717) is 37.9 Å². The number of hydrogen-bond acceptors (Lipinski definition) is 5. The first-order valence-electron chi connectivity index (χ1n) is 9.26. The van der Waals surface area contributed by atoms with Crippen molar-refractivity contribution in [3.05, 3.63) is 67.1 Å². The highest BCUT2D eigenvalue weighted by molar-refractivity contribution is 7.71. The largest absolute Gasteiger partial charge is 0.493 e. The van der Waals surface area contributed by atoms with Gasteiger partial charge in [-0.05, 0) is 54.0 Å². The summed E-state index contributed by atoms with van der Waals surface area (Å²) in [5, 5.41) is 8.45. The van der Waals surface area contributed by atoms with Gasteiger partial charge in [0.2, 0.25) is 4.77 Å². The smallest absolute Gasteiger partial charge is 0.214 e. The third-order valence-corrected chi connectivity index (χ3v) is 5.61. The lowest BCUT2D eigenvalue weighted by atomic mass is 10.2. The molecule has 0 saturated heterocycles. The van der Waals surface area contributed by atoms with E-state index in [1.807, 2.05) is 18.2 Å². The second-order valence-corrected chi connectivity index (χ2v) is 8.12. The van der Waals surface area contributed by atoms with Crippen LogP contribution < -0.4 is 14.9 Å². The SMILES string of the molecule is CCCc1n[nH]c(=S)n1NCc1cc(Cl)c(OCc2ccc(Cl)c(Cl)c2)c(OC)c1. The average Bonchev–Trinajstić information content (AvgIpc) is 3.07. The Morgan fingerprint density at radius 3 is 2.57 bits per heavy atom. The zero-order chi connectivity index (χ0) is 21.7. The van der Waals surface area contributed by atoms with Crippen molar-refractivity contribution in [2.24, 2.45) is 0 Å². The molecular formula is C20H21Cl3N4O2S. The van der Waals surface area contributed by atoms with E-state index in [-0.39, 0.29) is 6.61 Å². The summed E-state index contributed by atoms with van der Waals surface area (Å²) >= 11 is 23.8. The Hall–Kier alpha value is -1.93. The van der Waals surface area contributed by atoms with Gasteiger partial charge in [0.1, 0.15) is 6.61 Å². The highest BCUT2D eigenvalue weighted by atomic mass is 35.5. The Bertz CT molecular complexity index is 1080. The molecule has 160 valence electrons. The maximum absolute atomic E-state index is 6.48. The van der Waals surface area contributed by atoms with Crippen molar-refractivity contribution in [1.29, 1.82) is 0 Å². The average molecular weight is 488 g/mol. The molecule has 0 fully saturated rings. The normalized spacial score (nSPS) is 10.8. The predicted molar refractivity (Wildman–Crippen MR) is 123 cm³/mol. The number of nitrogens with zero attached hydrogens (tertiary/aromatic N) is 2. The number of aromatic nitrogens is 3. The molecule has 3 aromatic rings. The van der Waals surface area contributed by atoms with Gasteiger partial charge in [-0.1, -0.05) is 47.8 Å². The molecule has 0 saturated carbocycles. The van der Waals surface area contributed by atoms with Crippen LogP contribution in [0.5, 0.6) is 11.5 Å². The summed E-state index contributed by atoms with van der Waals surface area (Å²) in [7, 11) is 1.57. The van der Waals surface area contributed by atoms with Crippen molar-refractivity contribution in [2.75, 3.05) is 12.5 Å². The van der Waals surface area contributed by atoms with Crippen molar-refractivity contribution >= 4 is 47.0 Å². The Morgan fingerprint density at radius 1 is 1.10 bits per heavy atom. The molecule has 0 spiro atoms.